The van der Waals surface area contributed by atoms with E-state index >= 15 is 0 Å². The zero-order valence-electron chi connectivity index (χ0n) is 17.3. The molecule has 2 aromatic heterocycles. The number of hydrogen-bond acceptors (Lipinski definition) is 4. The monoisotopic (exact) mass is 448 g/mol. The molecule has 0 saturated heterocycles. The summed E-state index contributed by atoms with van der Waals surface area (Å²) in [5, 5.41) is 10.1. The van der Waals surface area contributed by atoms with E-state index < -0.39 is 0 Å². The average molecular weight is 449 g/mol. The van der Waals surface area contributed by atoms with Gasteiger partial charge in [-0.05, 0) is 55.5 Å². The highest BCUT2D eigenvalue weighted by molar-refractivity contribution is 7.13. The van der Waals surface area contributed by atoms with E-state index in [1.165, 1.54) is 23.5 Å². The fourth-order valence-corrected chi connectivity index (χ4v) is 3.95. The Kier molecular flexibility index (Phi) is 6.42. The summed E-state index contributed by atoms with van der Waals surface area (Å²) < 4.78 is 15.1. The molecule has 2 heterocycles. The van der Waals surface area contributed by atoms with Crippen LogP contribution in [0.25, 0.3) is 16.9 Å². The van der Waals surface area contributed by atoms with Crippen molar-refractivity contribution in [1.82, 2.24) is 20.4 Å². The van der Waals surface area contributed by atoms with Gasteiger partial charge in [-0.1, -0.05) is 18.2 Å². The number of hydrogen-bond donors (Lipinski definition) is 2. The first-order valence-electron chi connectivity index (χ1n) is 10.0. The van der Waals surface area contributed by atoms with Crippen LogP contribution in [0.1, 0.15) is 20.1 Å². The molecule has 2 aromatic carbocycles. The van der Waals surface area contributed by atoms with Crippen LogP contribution in [0.2, 0.25) is 0 Å². The summed E-state index contributed by atoms with van der Waals surface area (Å²) in [6.45, 7) is 2.00. The quantitative estimate of drug-likeness (QED) is 0.447. The lowest BCUT2D eigenvalue weighted by atomic mass is 10.1. The molecule has 0 bridgehead atoms. The van der Waals surface area contributed by atoms with Crippen LogP contribution in [0.15, 0.2) is 72.9 Å². The highest BCUT2D eigenvalue weighted by Gasteiger charge is 2.15. The number of halogens is 1. The molecule has 4 aromatic rings. The van der Waals surface area contributed by atoms with E-state index in [2.05, 4.69) is 15.7 Å². The van der Waals surface area contributed by atoms with Gasteiger partial charge in [0, 0.05) is 28.7 Å². The highest BCUT2D eigenvalue weighted by Crippen LogP contribution is 2.24. The topological polar surface area (TPSA) is 76.0 Å². The van der Waals surface area contributed by atoms with Gasteiger partial charge >= 0.3 is 0 Å². The molecule has 2 amide bonds. The number of amides is 2. The molecule has 4 rings (SSSR count). The third-order valence-electron chi connectivity index (χ3n) is 4.78. The summed E-state index contributed by atoms with van der Waals surface area (Å²) in [6, 6.07) is 19.2. The number of carbonyl (C=O) groups excluding carboxylic acids is 2. The van der Waals surface area contributed by atoms with Gasteiger partial charge in [-0.3, -0.25) is 9.59 Å². The van der Waals surface area contributed by atoms with Crippen LogP contribution >= 0.6 is 11.3 Å². The molecule has 0 radical (unpaired) electrons. The highest BCUT2D eigenvalue weighted by atomic mass is 32.1. The van der Waals surface area contributed by atoms with Gasteiger partial charge in [0.1, 0.15) is 5.82 Å². The van der Waals surface area contributed by atoms with Crippen molar-refractivity contribution >= 4 is 23.2 Å². The molecule has 2 N–H and O–H groups in total. The maximum Gasteiger partial charge on any atom is 0.261 e. The number of para-hydroxylation sites is 1. The molecule has 0 spiro atoms. The molecule has 0 aliphatic rings. The molecular weight excluding hydrogens is 427 g/mol. The van der Waals surface area contributed by atoms with Gasteiger partial charge in [0.25, 0.3) is 5.91 Å². The third kappa shape index (κ3) is 5.09. The van der Waals surface area contributed by atoms with E-state index in [1.54, 1.807) is 22.9 Å². The minimum Gasteiger partial charge on any atom is -0.350 e. The van der Waals surface area contributed by atoms with E-state index in [1.807, 2.05) is 49.5 Å². The largest absolute Gasteiger partial charge is 0.350 e. The molecule has 0 fully saturated rings. The number of aryl methyl sites for hydroxylation is 1. The van der Waals surface area contributed by atoms with Crippen LogP contribution in [0.4, 0.5) is 4.39 Å². The second-order valence-corrected chi connectivity index (χ2v) is 8.45. The van der Waals surface area contributed by atoms with Gasteiger partial charge in [-0.2, -0.15) is 5.10 Å². The Bertz CT molecular complexity index is 1230. The lowest BCUT2D eigenvalue weighted by molar-refractivity contribution is -0.120. The number of rotatable bonds is 7. The van der Waals surface area contributed by atoms with E-state index in [0.29, 0.717) is 10.6 Å². The Balaban J connectivity index is 1.47. The summed E-state index contributed by atoms with van der Waals surface area (Å²) >= 11 is 1.38. The Labute approximate surface area is 188 Å². The Hall–Kier alpha value is -3.78. The Morgan fingerprint density at radius 3 is 2.44 bits per heavy atom. The first kappa shape index (κ1) is 21.5. The van der Waals surface area contributed by atoms with Crippen LogP contribution in [0, 0.1) is 12.7 Å². The lowest BCUT2D eigenvalue weighted by Gasteiger charge is -2.07. The van der Waals surface area contributed by atoms with Gasteiger partial charge in [-0.15, -0.1) is 11.3 Å². The number of thiophene rings is 1. The summed E-state index contributed by atoms with van der Waals surface area (Å²) in [4.78, 5) is 26.1. The Morgan fingerprint density at radius 2 is 1.75 bits per heavy atom. The first-order valence-corrected chi connectivity index (χ1v) is 10.8. The number of carbonyl (C=O) groups is 2. The molecule has 162 valence electrons. The van der Waals surface area contributed by atoms with Crippen LogP contribution in [0.3, 0.4) is 0 Å². The molecule has 6 nitrogen and oxygen atoms in total. The fourth-order valence-electron chi connectivity index (χ4n) is 3.16. The van der Waals surface area contributed by atoms with Crippen molar-refractivity contribution in [3.63, 3.8) is 0 Å². The third-order valence-corrected chi connectivity index (χ3v) is 5.78. The predicted molar refractivity (Wildman–Crippen MR) is 122 cm³/mol. The Morgan fingerprint density at radius 1 is 1.00 bits per heavy atom. The van der Waals surface area contributed by atoms with Crippen LogP contribution in [-0.4, -0.2) is 28.1 Å². The average Bonchev–Trinajstić information content (AvgIpc) is 3.44. The summed E-state index contributed by atoms with van der Waals surface area (Å²) in [6.07, 6.45) is 1.83. The second-order valence-electron chi connectivity index (χ2n) is 7.16. The summed E-state index contributed by atoms with van der Waals surface area (Å²) in [5.41, 5.74) is 3.03. The number of benzene rings is 2. The van der Waals surface area contributed by atoms with E-state index in [-0.39, 0.29) is 30.7 Å². The molecule has 0 aliphatic carbocycles. The molecule has 0 unspecified atom stereocenters. The lowest BCUT2D eigenvalue weighted by Crippen LogP contribution is -2.36. The maximum absolute atomic E-state index is 13.4. The SMILES string of the molecule is Cc1ccc(C(=O)NCC(=O)NCc2cn(-c3ccccc3)nc2-c2ccc(F)cc2)s1. The van der Waals surface area contributed by atoms with Crippen molar-refractivity contribution in [3.8, 4) is 16.9 Å². The van der Waals surface area contributed by atoms with Crippen LogP contribution in [-0.2, 0) is 11.3 Å². The van der Waals surface area contributed by atoms with Crippen molar-refractivity contribution in [2.75, 3.05) is 6.54 Å². The maximum atomic E-state index is 13.4. The number of nitrogens with zero attached hydrogens (tertiary/aromatic N) is 2. The van der Waals surface area contributed by atoms with Gasteiger partial charge < -0.3 is 10.6 Å². The van der Waals surface area contributed by atoms with E-state index in [9.17, 15) is 14.0 Å². The number of nitrogens with one attached hydrogen (secondary N) is 2. The zero-order valence-corrected chi connectivity index (χ0v) is 18.2. The van der Waals surface area contributed by atoms with Gasteiger partial charge in [-0.25, -0.2) is 9.07 Å². The fraction of sp³-hybridized carbons (Fsp3) is 0.125. The first-order chi connectivity index (χ1) is 15.5. The van der Waals surface area contributed by atoms with Crippen molar-refractivity contribution in [2.24, 2.45) is 0 Å². The van der Waals surface area contributed by atoms with E-state index in [0.717, 1.165) is 21.7 Å². The second kappa shape index (κ2) is 9.57. The molecule has 0 aliphatic heterocycles. The summed E-state index contributed by atoms with van der Waals surface area (Å²) in [7, 11) is 0. The summed E-state index contributed by atoms with van der Waals surface area (Å²) in [5.74, 6) is -0.922. The van der Waals surface area contributed by atoms with Gasteiger partial charge in [0.15, 0.2) is 0 Å². The molecule has 0 atom stereocenters. The molecule has 0 saturated carbocycles. The molecule has 32 heavy (non-hydrogen) atoms. The zero-order chi connectivity index (χ0) is 22.5. The normalized spacial score (nSPS) is 10.7. The van der Waals surface area contributed by atoms with Gasteiger partial charge in [0.2, 0.25) is 5.91 Å². The van der Waals surface area contributed by atoms with E-state index in [4.69, 9.17) is 0 Å². The minimum absolute atomic E-state index is 0.130. The standard InChI is InChI=1S/C24H21FN4O2S/c1-16-7-12-21(32-16)24(31)27-14-22(30)26-13-18-15-29(20-5-3-2-4-6-20)28-23(18)17-8-10-19(25)11-9-17/h2-12,15H,13-14H2,1H3,(H,26,30)(H,27,31). The molecular formula is C24H21FN4O2S. The minimum atomic E-state index is -0.331. The van der Waals surface area contributed by atoms with Crippen molar-refractivity contribution in [2.45, 2.75) is 13.5 Å². The van der Waals surface area contributed by atoms with Crippen molar-refractivity contribution in [3.05, 3.63) is 94.1 Å². The molecule has 8 heteroatoms. The van der Waals surface area contributed by atoms with Crippen LogP contribution in [0.5, 0.6) is 0 Å². The number of aromatic nitrogens is 2. The van der Waals surface area contributed by atoms with Crippen LogP contribution < -0.4 is 10.6 Å². The van der Waals surface area contributed by atoms with Crippen molar-refractivity contribution in [1.29, 1.82) is 0 Å². The van der Waals surface area contributed by atoms with Gasteiger partial charge in [0.05, 0.1) is 22.8 Å². The smallest absolute Gasteiger partial charge is 0.261 e. The van der Waals surface area contributed by atoms with Crippen molar-refractivity contribution < 1.29 is 14.0 Å². The predicted octanol–water partition coefficient (Wildman–Crippen LogP) is 4.09.